The Hall–Kier alpha value is -1.26. The lowest BCUT2D eigenvalue weighted by atomic mass is 10.1. The van der Waals surface area contributed by atoms with E-state index in [1.54, 1.807) is 6.07 Å². The Labute approximate surface area is 119 Å². The number of halogens is 1. The van der Waals surface area contributed by atoms with Gasteiger partial charge in [0.05, 0.1) is 0 Å². The highest BCUT2D eigenvalue weighted by molar-refractivity contribution is 6.31. The summed E-state index contributed by atoms with van der Waals surface area (Å²) in [6.45, 7) is 2.09. The van der Waals surface area contributed by atoms with Gasteiger partial charge in [-0.1, -0.05) is 11.6 Å². The van der Waals surface area contributed by atoms with Crippen LogP contribution in [0.5, 0.6) is 0 Å². The lowest BCUT2D eigenvalue weighted by Gasteiger charge is -2.28. The fraction of sp³-hybridized carbons (Fsp3) is 0.500. The van der Waals surface area contributed by atoms with E-state index in [2.05, 4.69) is 16.8 Å². The largest absolute Gasteiger partial charge is 0.384 e. The highest BCUT2D eigenvalue weighted by atomic mass is 35.5. The van der Waals surface area contributed by atoms with Crippen LogP contribution in [0.2, 0.25) is 5.02 Å². The molecule has 1 aliphatic rings. The lowest BCUT2D eigenvalue weighted by molar-refractivity contribution is 0.314. The molecule has 0 amide bonds. The molecule has 0 bridgehead atoms. The Morgan fingerprint density at radius 3 is 2.89 bits per heavy atom. The number of benzene rings is 1. The second kappa shape index (κ2) is 5.80. The molecule has 104 valence electrons. The van der Waals surface area contributed by atoms with Crippen molar-refractivity contribution in [2.45, 2.75) is 18.9 Å². The van der Waals surface area contributed by atoms with Crippen LogP contribution < -0.4 is 10.6 Å². The van der Waals surface area contributed by atoms with E-state index in [0.717, 1.165) is 24.3 Å². The average Bonchev–Trinajstić information content (AvgIpc) is 2.74. The fourth-order valence-corrected chi connectivity index (χ4v) is 2.84. The standard InChI is InChI=1S/C14H21ClN4/c1-18-7-3-4-11(18)9-19(2)13-8-10(15)5-6-12(13)14(16)17/h5-6,8,11H,3-4,7,9H2,1-2H3,(H3,16,17). The summed E-state index contributed by atoms with van der Waals surface area (Å²) in [4.78, 5) is 4.53. The van der Waals surface area contributed by atoms with E-state index in [9.17, 15) is 0 Å². The summed E-state index contributed by atoms with van der Waals surface area (Å²) in [5, 5.41) is 8.33. The first-order chi connectivity index (χ1) is 8.99. The monoisotopic (exact) mass is 280 g/mol. The molecular weight excluding hydrogens is 260 g/mol. The van der Waals surface area contributed by atoms with Gasteiger partial charge in [0.2, 0.25) is 0 Å². The third-order valence-corrected chi connectivity index (χ3v) is 4.05. The molecule has 0 spiro atoms. The van der Waals surface area contributed by atoms with Gasteiger partial charge in [0.15, 0.2) is 0 Å². The summed E-state index contributed by atoms with van der Waals surface area (Å²) in [5.41, 5.74) is 7.31. The van der Waals surface area contributed by atoms with Gasteiger partial charge in [0, 0.05) is 35.9 Å². The number of hydrogen-bond acceptors (Lipinski definition) is 3. The second-order valence-electron chi connectivity index (χ2n) is 5.23. The van der Waals surface area contributed by atoms with Crippen molar-refractivity contribution in [3.63, 3.8) is 0 Å². The molecule has 3 N–H and O–H groups in total. The fourth-order valence-electron chi connectivity index (χ4n) is 2.67. The molecule has 1 aromatic rings. The predicted molar refractivity (Wildman–Crippen MR) is 81.4 cm³/mol. The van der Waals surface area contributed by atoms with Crippen LogP contribution in [0, 0.1) is 5.41 Å². The highest BCUT2D eigenvalue weighted by Gasteiger charge is 2.23. The first kappa shape index (κ1) is 14.2. The van der Waals surface area contributed by atoms with Crippen LogP contribution in [0.25, 0.3) is 0 Å². The molecular formula is C14H21ClN4. The van der Waals surface area contributed by atoms with Gasteiger partial charge < -0.3 is 15.5 Å². The molecule has 0 aromatic heterocycles. The Morgan fingerprint density at radius 2 is 2.32 bits per heavy atom. The molecule has 0 radical (unpaired) electrons. The normalized spacial score (nSPS) is 19.6. The third-order valence-electron chi connectivity index (χ3n) is 3.82. The van der Waals surface area contributed by atoms with Crippen LogP contribution in [-0.4, -0.2) is 44.0 Å². The highest BCUT2D eigenvalue weighted by Crippen LogP contribution is 2.25. The molecule has 2 rings (SSSR count). The van der Waals surface area contributed by atoms with Gasteiger partial charge in [-0.05, 0) is 44.6 Å². The van der Waals surface area contributed by atoms with Gasteiger partial charge in [0.25, 0.3) is 0 Å². The summed E-state index contributed by atoms with van der Waals surface area (Å²) >= 11 is 6.06. The minimum atomic E-state index is 0.0818. The molecule has 0 saturated carbocycles. The van der Waals surface area contributed by atoms with E-state index in [-0.39, 0.29) is 5.84 Å². The van der Waals surface area contributed by atoms with Crippen LogP contribution in [0.4, 0.5) is 5.69 Å². The van der Waals surface area contributed by atoms with Crippen LogP contribution in [0.15, 0.2) is 18.2 Å². The maximum absolute atomic E-state index is 7.66. The van der Waals surface area contributed by atoms with E-state index in [1.165, 1.54) is 12.8 Å². The van der Waals surface area contributed by atoms with Crippen molar-refractivity contribution < 1.29 is 0 Å². The Morgan fingerprint density at radius 1 is 1.58 bits per heavy atom. The number of nitrogens with zero attached hydrogens (tertiary/aromatic N) is 2. The molecule has 0 aliphatic carbocycles. The Bertz CT molecular complexity index is 475. The van der Waals surface area contributed by atoms with Crippen LogP contribution in [0.1, 0.15) is 18.4 Å². The quantitative estimate of drug-likeness (QED) is 0.656. The van der Waals surface area contributed by atoms with E-state index < -0.39 is 0 Å². The first-order valence-electron chi connectivity index (χ1n) is 6.54. The molecule has 1 saturated heterocycles. The zero-order chi connectivity index (χ0) is 14.0. The van der Waals surface area contributed by atoms with Gasteiger partial charge in [-0.25, -0.2) is 0 Å². The van der Waals surface area contributed by atoms with Crippen molar-refractivity contribution in [1.29, 1.82) is 5.41 Å². The van der Waals surface area contributed by atoms with Crippen molar-refractivity contribution in [3.8, 4) is 0 Å². The van der Waals surface area contributed by atoms with Crippen molar-refractivity contribution in [3.05, 3.63) is 28.8 Å². The number of hydrogen-bond donors (Lipinski definition) is 2. The predicted octanol–water partition coefficient (Wildman–Crippen LogP) is 2.15. The Balaban J connectivity index is 2.20. The van der Waals surface area contributed by atoms with Crippen molar-refractivity contribution in [1.82, 2.24) is 4.90 Å². The average molecular weight is 281 g/mol. The summed E-state index contributed by atoms with van der Waals surface area (Å²) in [5.74, 6) is 0.0818. The number of likely N-dealkylation sites (tertiary alicyclic amines) is 1. The van der Waals surface area contributed by atoms with Crippen LogP contribution in [-0.2, 0) is 0 Å². The van der Waals surface area contributed by atoms with E-state index in [0.29, 0.717) is 11.1 Å². The molecule has 1 heterocycles. The topological polar surface area (TPSA) is 56.4 Å². The van der Waals surface area contributed by atoms with Gasteiger partial charge in [-0.2, -0.15) is 0 Å². The molecule has 4 nitrogen and oxygen atoms in total. The van der Waals surface area contributed by atoms with Crippen LogP contribution >= 0.6 is 11.6 Å². The Kier molecular flexibility index (Phi) is 4.32. The summed E-state index contributed by atoms with van der Waals surface area (Å²) in [6, 6.07) is 6.03. The third kappa shape index (κ3) is 3.19. The number of amidine groups is 1. The maximum atomic E-state index is 7.66. The number of rotatable bonds is 4. The van der Waals surface area contributed by atoms with Gasteiger partial charge >= 0.3 is 0 Å². The zero-order valence-electron chi connectivity index (χ0n) is 11.5. The number of anilines is 1. The molecule has 1 unspecified atom stereocenters. The summed E-state index contributed by atoms with van der Waals surface area (Å²) in [6.07, 6.45) is 2.47. The van der Waals surface area contributed by atoms with Gasteiger partial charge in [0.1, 0.15) is 5.84 Å². The van der Waals surface area contributed by atoms with Gasteiger partial charge in [-0.3, -0.25) is 5.41 Å². The van der Waals surface area contributed by atoms with Crippen molar-refractivity contribution >= 4 is 23.1 Å². The summed E-state index contributed by atoms with van der Waals surface area (Å²) < 4.78 is 0. The van der Waals surface area contributed by atoms with Crippen molar-refractivity contribution in [2.24, 2.45) is 5.73 Å². The molecule has 5 heteroatoms. The number of likely N-dealkylation sites (N-methyl/N-ethyl adjacent to an activating group) is 2. The zero-order valence-corrected chi connectivity index (χ0v) is 12.2. The molecule has 1 aromatic carbocycles. The molecule has 1 atom stereocenters. The van der Waals surface area contributed by atoms with Gasteiger partial charge in [-0.15, -0.1) is 0 Å². The SMILES string of the molecule is CN(CC1CCCN1C)c1cc(Cl)ccc1C(=N)N. The first-order valence-corrected chi connectivity index (χ1v) is 6.92. The minimum absolute atomic E-state index is 0.0818. The minimum Gasteiger partial charge on any atom is -0.384 e. The number of nitrogens with one attached hydrogen (secondary N) is 1. The van der Waals surface area contributed by atoms with E-state index in [4.69, 9.17) is 22.7 Å². The second-order valence-corrected chi connectivity index (χ2v) is 5.67. The lowest BCUT2D eigenvalue weighted by Crippen LogP contribution is -2.37. The summed E-state index contributed by atoms with van der Waals surface area (Å²) in [7, 11) is 4.19. The van der Waals surface area contributed by atoms with Crippen molar-refractivity contribution in [2.75, 3.05) is 32.1 Å². The molecule has 19 heavy (non-hydrogen) atoms. The van der Waals surface area contributed by atoms with E-state index >= 15 is 0 Å². The number of nitrogen functional groups attached to an aromatic ring is 1. The maximum Gasteiger partial charge on any atom is 0.124 e. The number of nitrogens with two attached hydrogens (primary N) is 1. The smallest absolute Gasteiger partial charge is 0.124 e. The van der Waals surface area contributed by atoms with E-state index in [1.807, 2.05) is 19.2 Å². The molecule has 1 aliphatic heterocycles. The molecule has 1 fully saturated rings. The van der Waals surface area contributed by atoms with Crippen LogP contribution in [0.3, 0.4) is 0 Å².